The summed E-state index contributed by atoms with van der Waals surface area (Å²) in [7, 11) is 0. The van der Waals surface area contributed by atoms with Gasteiger partial charge in [-0.2, -0.15) is 0 Å². The number of amides is 1. The molecule has 6 nitrogen and oxygen atoms in total. The largest absolute Gasteiger partial charge is 0.349 e. The van der Waals surface area contributed by atoms with Gasteiger partial charge < -0.3 is 5.32 Å². The topological polar surface area (TPSA) is 72.7 Å². The fourth-order valence-corrected chi connectivity index (χ4v) is 2.74. The summed E-state index contributed by atoms with van der Waals surface area (Å²) in [6, 6.07) is 7.63. The Kier molecular flexibility index (Phi) is 3.94. The molecule has 21 heavy (non-hydrogen) atoms. The van der Waals surface area contributed by atoms with E-state index in [1.54, 1.807) is 10.7 Å². The second-order valence-corrected chi connectivity index (χ2v) is 5.73. The van der Waals surface area contributed by atoms with Gasteiger partial charge in [0.15, 0.2) is 0 Å². The van der Waals surface area contributed by atoms with E-state index >= 15 is 0 Å². The first-order chi connectivity index (χ1) is 10.2. The molecule has 6 heteroatoms. The van der Waals surface area contributed by atoms with Gasteiger partial charge >= 0.3 is 0 Å². The Balaban J connectivity index is 1.69. The molecule has 0 spiro atoms. The normalized spacial score (nSPS) is 22.0. The van der Waals surface area contributed by atoms with Crippen molar-refractivity contribution in [2.75, 3.05) is 0 Å². The smallest absolute Gasteiger partial charge is 0.251 e. The Morgan fingerprint density at radius 3 is 2.81 bits per heavy atom. The molecule has 1 aliphatic carbocycles. The molecule has 110 valence electrons. The van der Waals surface area contributed by atoms with E-state index < -0.39 is 0 Å². The lowest BCUT2D eigenvalue weighted by Gasteiger charge is -2.26. The first-order valence-corrected chi connectivity index (χ1v) is 7.36. The highest BCUT2D eigenvalue weighted by molar-refractivity contribution is 5.94. The van der Waals surface area contributed by atoms with Crippen molar-refractivity contribution in [2.45, 2.75) is 38.6 Å². The van der Waals surface area contributed by atoms with E-state index in [-0.39, 0.29) is 5.91 Å². The number of hydrogen-bond acceptors (Lipinski definition) is 4. The summed E-state index contributed by atoms with van der Waals surface area (Å²) in [5.41, 5.74) is 1.42. The van der Waals surface area contributed by atoms with E-state index in [4.69, 9.17) is 0 Å². The summed E-state index contributed by atoms with van der Waals surface area (Å²) in [5.74, 6) is 0.755. The molecule has 0 aliphatic heterocycles. The molecule has 1 amide bonds. The van der Waals surface area contributed by atoms with Crippen LogP contribution in [-0.4, -0.2) is 32.2 Å². The molecule has 1 N–H and O–H groups in total. The number of benzene rings is 1. The number of nitrogens with zero attached hydrogens (tertiary/aromatic N) is 4. The Labute approximate surface area is 123 Å². The predicted octanol–water partition coefficient (Wildman–Crippen LogP) is 1.97. The zero-order valence-corrected chi connectivity index (χ0v) is 12.1. The maximum atomic E-state index is 12.3. The highest BCUT2D eigenvalue weighted by Crippen LogP contribution is 2.23. The summed E-state index contributed by atoms with van der Waals surface area (Å²) in [6.07, 6.45) is 6.03. The second-order valence-electron chi connectivity index (χ2n) is 5.73. The number of nitrogens with one attached hydrogen (secondary N) is 1. The van der Waals surface area contributed by atoms with Crippen molar-refractivity contribution < 1.29 is 4.79 Å². The van der Waals surface area contributed by atoms with Gasteiger partial charge in [-0.15, -0.1) is 5.10 Å². The van der Waals surface area contributed by atoms with Crippen molar-refractivity contribution in [1.82, 2.24) is 25.5 Å². The zero-order valence-electron chi connectivity index (χ0n) is 12.1. The van der Waals surface area contributed by atoms with Crippen LogP contribution in [-0.2, 0) is 0 Å². The highest BCUT2D eigenvalue weighted by Gasteiger charge is 2.20. The Morgan fingerprint density at radius 2 is 2.10 bits per heavy atom. The van der Waals surface area contributed by atoms with Gasteiger partial charge in [0.25, 0.3) is 5.91 Å². The Morgan fingerprint density at radius 1 is 1.29 bits per heavy atom. The standard InChI is InChI=1S/C15H19N5O/c1-11-5-7-13(8-6-11)17-15(21)12-3-2-4-14(9-12)20-10-16-18-19-20/h2-4,9-11,13H,5-8H2,1H3,(H,17,21). The minimum Gasteiger partial charge on any atom is -0.349 e. The molecule has 0 atom stereocenters. The molecule has 0 radical (unpaired) electrons. The monoisotopic (exact) mass is 285 g/mol. The summed E-state index contributed by atoms with van der Waals surface area (Å²) in [5, 5.41) is 14.2. The van der Waals surface area contributed by atoms with Crippen LogP contribution in [0.1, 0.15) is 43.0 Å². The predicted molar refractivity (Wildman–Crippen MR) is 78.0 cm³/mol. The average Bonchev–Trinajstić information content (AvgIpc) is 3.04. The number of carbonyl (C=O) groups is 1. The molecule has 3 rings (SSSR count). The molecular weight excluding hydrogens is 266 g/mol. The molecule has 1 heterocycles. The molecule has 0 saturated heterocycles. The van der Waals surface area contributed by atoms with Gasteiger partial charge in [0.05, 0.1) is 5.69 Å². The quantitative estimate of drug-likeness (QED) is 0.935. The van der Waals surface area contributed by atoms with Crippen molar-refractivity contribution in [3.63, 3.8) is 0 Å². The van der Waals surface area contributed by atoms with Crippen molar-refractivity contribution in [1.29, 1.82) is 0 Å². The van der Waals surface area contributed by atoms with Gasteiger partial charge in [-0.3, -0.25) is 4.79 Å². The van der Waals surface area contributed by atoms with Crippen LogP contribution in [0.4, 0.5) is 0 Å². The minimum absolute atomic E-state index is 0.0236. The third-order valence-corrected chi connectivity index (χ3v) is 4.07. The van der Waals surface area contributed by atoms with Gasteiger partial charge in [0.1, 0.15) is 6.33 Å². The zero-order chi connectivity index (χ0) is 14.7. The molecule has 0 unspecified atom stereocenters. The van der Waals surface area contributed by atoms with Crippen LogP contribution in [0.3, 0.4) is 0 Å². The van der Waals surface area contributed by atoms with Gasteiger partial charge in [0.2, 0.25) is 0 Å². The van der Waals surface area contributed by atoms with Crippen LogP contribution in [0, 0.1) is 5.92 Å². The van der Waals surface area contributed by atoms with E-state index in [2.05, 4.69) is 27.8 Å². The molecule has 1 saturated carbocycles. The van der Waals surface area contributed by atoms with Gasteiger partial charge in [-0.25, -0.2) is 4.68 Å². The summed E-state index contributed by atoms with van der Waals surface area (Å²) in [4.78, 5) is 12.3. The first-order valence-electron chi connectivity index (χ1n) is 7.36. The first kappa shape index (κ1) is 13.7. The highest BCUT2D eigenvalue weighted by atomic mass is 16.1. The molecule has 1 aromatic carbocycles. The van der Waals surface area contributed by atoms with Crippen LogP contribution in [0.5, 0.6) is 0 Å². The molecule has 1 aliphatic rings. The van der Waals surface area contributed by atoms with E-state index in [9.17, 15) is 4.79 Å². The van der Waals surface area contributed by atoms with E-state index in [0.29, 0.717) is 11.6 Å². The number of rotatable bonds is 3. The maximum absolute atomic E-state index is 12.3. The van der Waals surface area contributed by atoms with Crippen LogP contribution in [0.15, 0.2) is 30.6 Å². The lowest BCUT2D eigenvalue weighted by Crippen LogP contribution is -2.37. The fourth-order valence-electron chi connectivity index (χ4n) is 2.74. The number of hydrogen-bond donors (Lipinski definition) is 1. The lowest BCUT2D eigenvalue weighted by molar-refractivity contribution is 0.0923. The van der Waals surface area contributed by atoms with Crippen molar-refractivity contribution in [2.24, 2.45) is 5.92 Å². The number of tetrazole rings is 1. The molecule has 2 aromatic rings. The SMILES string of the molecule is CC1CCC(NC(=O)c2cccc(-n3cnnn3)c2)CC1. The Bertz CT molecular complexity index is 602. The molecular formula is C15H19N5O. The van der Waals surface area contributed by atoms with Gasteiger partial charge in [0, 0.05) is 11.6 Å². The van der Waals surface area contributed by atoms with Crippen LogP contribution in [0.2, 0.25) is 0 Å². The summed E-state index contributed by atoms with van der Waals surface area (Å²) >= 11 is 0. The molecule has 1 fully saturated rings. The average molecular weight is 285 g/mol. The second kappa shape index (κ2) is 6.03. The van der Waals surface area contributed by atoms with Crippen molar-refractivity contribution in [3.8, 4) is 5.69 Å². The van der Waals surface area contributed by atoms with E-state index in [0.717, 1.165) is 24.4 Å². The fraction of sp³-hybridized carbons (Fsp3) is 0.467. The molecule has 1 aromatic heterocycles. The summed E-state index contributed by atoms with van der Waals surface area (Å²) in [6.45, 7) is 2.27. The van der Waals surface area contributed by atoms with Gasteiger partial charge in [-0.1, -0.05) is 13.0 Å². The van der Waals surface area contributed by atoms with Crippen molar-refractivity contribution >= 4 is 5.91 Å². The van der Waals surface area contributed by atoms with E-state index in [1.807, 2.05) is 18.2 Å². The van der Waals surface area contributed by atoms with Gasteiger partial charge in [-0.05, 0) is 60.2 Å². The lowest BCUT2D eigenvalue weighted by atomic mass is 9.87. The summed E-state index contributed by atoms with van der Waals surface area (Å²) < 4.78 is 1.54. The maximum Gasteiger partial charge on any atom is 0.251 e. The third kappa shape index (κ3) is 3.26. The van der Waals surface area contributed by atoms with Crippen LogP contribution >= 0.6 is 0 Å². The van der Waals surface area contributed by atoms with Crippen LogP contribution < -0.4 is 5.32 Å². The Hall–Kier alpha value is -2.24. The molecule has 0 bridgehead atoms. The number of aromatic nitrogens is 4. The van der Waals surface area contributed by atoms with Crippen molar-refractivity contribution in [3.05, 3.63) is 36.2 Å². The van der Waals surface area contributed by atoms with E-state index in [1.165, 1.54) is 19.2 Å². The number of carbonyl (C=O) groups excluding carboxylic acids is 1. The van der Waals surface area contributed by atoms with Crippen LogP contribution in [0.25, 0.3) is 5.69 Å². The third-order valence-electron chi connectivity index (χ3n) is 4.07. The minimum atomic E-state index is -0.0236.